The molecule has 1 unspecified atom stereocenters. The van der Waals surface area contributed by atoms with Crippen LogP contribution in [0.3, 0.4) is 0 Å². The predicted molar refractivity (Wildman–Crippen MR) is 92.6 cm³/mol. The lowest BCUT2D eigenvalue weighted by Crippen LogP contribution is -2.25. The van der Waals surface area contributed by atoms with Gasteiger partial charge in [-0.1, -0.05) is 6.42 Å². The molecule has 2 rings (SSSR count). The largest absolute Gasteiger partial charge is 0.491 e. The molecule has 1 aromatic carbocycles. The van der Waals surface area contributed by atoms with Crippen LogP contribution >= 0.6 is 22.6 Å². The van der Waals surface area contributed by atoms with Gasteiger partial charge in [0.05, 0.1) is 19.3 Å². The highest BCUT2D eigenvalue weighted by Crippen LogP contribution is 2.25. The Bertz CT molecular complexity index is 413. The topological polar surface area (TPSA) is 27.7 Å². The van der Waals surface area contributed by atoms with E-state index in [1.54, 1.807) is 0 Å². The molecule has 1 atom stereocenters. The number of hydrogen-bond acceptors (Lipinski definition) is 3. The number of rotatable bonds is 8. The zero-order valence-electron chi connectivity index (χ0n) is 12.9. The van der Waals surface area contributed by atoms with E-state index in [0.29, 0.717) is 0 Å². The number of ether oxygens (including phenoxy) is 3. The highest BCUT2D eigenvalue weighted by atomic mass is 127. The molecule has 3 nitrogen and oxygen atoms in total. The molecule has 4 heteroatoms. The van der Waals surface area contributed by atoms with E-state index >= 15 is 0 Å². The van der Waals surface area contributed by atoms with Crippen molar-refractivity contribution >= 4 is 22.6 Å². The van der Waals surface area contributed by atoms with Crippen molar-refractivity contribution in [2.24, 2.45) is 0 Å². The van der Waals surface area contributed by atoms with Gasteiger partial charge in [0.2, 0.25) is 0 Å². The normalized spacial score (nSPS) is 18.6. The van der Waals surface area contributed by atoms with Crippen molar-refractivity contribution in [2.75, 3.05) is 13.2 Å². The van der Waals surface area contributed by atoms with Gasteiger partial charge in [-0.3, -0.25) is 0 Å². The van der Waals surface area contributed by atoms with Crippen LogP contribution < -0.4 is 4.74 Å². The van der Waals surface area contributed by atoms with Crippen LogP contribution in [0.1, 0.15) is 46.0 Å². The summed E-state index contributed by atoms with van der Waals surface area (Å²) in [6, 6.07) is 8.22. The smallest absolute Gasteiger partial charge is 0.165 e. The highest BCUT2D eigenvalue weighted by molar-refractivity contribution is 14.1. The summed E-state index contributed by atoms with van der Waals surface area (Å²) in [6.07, 6.45) is 5.86. The van der Waals surface area contributed by atoms with Crippen molar-refractivity contribution in [1.82, 2.24) is 0 Å². The first-order chi connectivity index (χ1) is 10.1. The van der Waals surface area contributed by atoms with Crippen molar-refractivity contribution in [3.63, 3.8) is 0 Å². The fourth-order valence-electron chi connectivity index (χ4n) is 2.56. The lowest BCUT2D eigenvalue weighted by Gasteiger charge is -2.22. The second kappa shape index (κ2) is 8.34. The van der Waals surface area contributed by atoms with E-state index in [9.17, 15) is 0 Å². The number of unbranched alkanes of at least 4 members (excludes halogenated alkanes) is 2. The molecule has 1 aliphatic heterocycles. The quantitative estimate of drug-likeness (QED) is 0.462. The van der Waals surface area contributed by atoms with Crippen LogP contribution in [0.2, 0.25) is 0 Å². The van der Waals surface area contributed by atoms with Gasteiger partial charge >= 0.3 is 0 Å². The Morgan fingerprint density at radius 3 is 2.48 bits per heavy atom. The molecule has 0 spiro atoms. The van der Waals surface area contributed by atoms with Crippen LogP contribution in [0.15, 0.2) is 24.3 Å². The van der Waals surface area contributed by atoms with E-state index in [1.807, 2.05) is 19.1 Å². The fraction of sp³-hybridized carbons (Fsp3) is 0.647. The molecular formula is C17H25IO3. The van der Waals surface area contributed by atoms with Crippen LogP contribution in [0.25, 0.3) is 0 Å². The summed E-state index contributed by atoms with van der Waals surface area (Å²) in [5, 5.41) is 0. The fourth-order valence-corrected chi connectivity index (χ4v) is 2.92. The van der Waals surface area contributed by atoms with Crippen molar-refractivity contribution in [2.45, 2.75) is 57.8 Å². The molecule has 0 aromatic heterocycles. The predicted octanol–water partition coefficient (Wildman–Crippen LogP) is 4.77. The van der Waals surface area contributed by atoms with Crippen LogP contribution in [0, 0.1) is 3.57 Å². The van der Waals surface area contributed by atoms with Crippen molar-refractivity contribution in [1.29, 1.82) is 0 Å². The third-order valence-corrected chi connectivity index (χ3v) is 4.51. The lowest BCUT2D eigenvalue weighted by molar-refractivity contribution is -0.147. The van der Waals surface area contributed by atoms with Crippen molar-refractivity contribution in [3.8, 4) is 5.75 Å². The number of hydrogen-bond donors (Lipinski definition) is 0. The second-order valence-corrected chi connectivity index (χ2v) is 7.06. The highest BCUT2D eigenvalue weighted by Gasteiger charge is 2.29. The summed E-state index contributed by atoms with van der Waals surface area (Å²) in [4.78, 5) is 0. The molecule has 1 aliphatic rings. The minimum Gasteiger partial charge on any atom is -0.491 e. The molecule has 118 valence electrons. The number of benzene rings is 1. The standard InChI is InChI=1S/C17H25IO3/c1-14(21-16-9-7-15(18)8-10-16)6-4-3-5-11-17(2)19-12-13-20-17/h7-10,14H,3-6,11-13H2,1-2H3. The zero-order chi connectivity index (χ0) is 15.1. The SMILES string of the molecule is CC(CCCCCC1(C)OCCO1)Oc1ccc(I)cc1. The third-order valence-electron chi connectivity index (χ3n) is 3.79. The van der Waals surface area contributed by atoms with E-state index in [-0.39, 0.29) is 11.9 Å². The third kappa shape index (κ3) is 6.12. The summed E-state index contributed by atoms with van der Waals surface area (Å²) < 4.78 is 18.4. The minimum atomic E-state index is -0.330. The number of halogens is 1. The zero-order valence-corrected chi connectivity index (χ0v) is 15.1. The minimum absolute atomic E-state index is 0.264. The molecule has 0 saturated carbocycles. The Balaban J connectivity index is 1.56. The van der Waals surface area contributed by atoms with Crippen molar-refractivity contribution < 1.29 is 14.2 Å². The molecule has 0 bridgehead atoms. The van der Waals surface area contributed by atoms with E-state index in [4.69, 9.17) is 14.2 Å². The van der Waals surface area contributed by atoms with Gasteiger partial charge in [0.15, 0.2) is 5.79 Å². The maximum absolute atomic E-state index is 5.92. The van der Waals surface area contributed by atoms with Crippen LogP contribution in [-0.2, 0) is 9.47 Å². The van der Waals surface area contributed by atoms with E-state index in [1.165, 1.54) is 16.4 Å². The summed E-state index contributed by atoms with van der Waals surface area (Å²) in [5.41, 5.74) is 0. The summed E-state index contributed by atoms with van der Waals surface area (Å²) >= 11 is 2.30. The molecule has 0 N–H and O–H groups in total. The molecule has 21 heavy (non-hydrogen) atoms. The molecule has 1 saturated heterocycles. The van der Waals surface area contributed by atoms with E-state index < -0.39 is 0 Å². The summed E-state index contributed by atoms with van der Waals surface area (Å²) in [7, 11) is 0. The monoisotopic (exact) mass is 404 g/mol. The Morgan fingerprint density at radius 2 is 1.81 bits per heavy atom. The first-order valence-corrected chi connectivity index (χ1v) is 8.85. The molecule has 0 amide bonds. The first-order valence-electron chi connectivity index (χ1n) is 7.77. The Kier molecular flexibility index (Phi) is 6.76. The summed E-state index contributed by atoms with van der Waals surface area (Å²) in [5.74, 6) is 0.631. The molecule has 0 radical (unpaired) electrons. The lowest BCUT2D eigenvalue weighted by atomic mass is 10.1. The van der Waals surface area contributed by atoms with E-state index in [0.717, 1.165) is 38.2 Å². The maximum atomic E-state index is 5.92. The van der Waals surface area contributed by atoms with Gasteiger partial charge in [-0.15, -0.1) is 0 Å². The van der Waals surface area contributed by atoms with Crippen LogP contribution in [0.4, 0.5) is 0 Å². The van der Waals surface area contributed by atoms with Gasteiger partial charge in [-0.05, 0) is 80.0 Å². The average Bonchev–Trinajstić information content (AvgIpc) is 2.88. The molecule has 1 heterocycles. The average molecular weight is 404 g/mol. The second-order valence-electron chi connectivity index (χ2n) is 5.81. The van der Waals surface area contributed by atoms with Gasteiger partial charge in [0.25, 0.3) is 0 Å². The maximum Gasteiger partial charge on any atom is 0.165 e. The van der Waals surface area contributed by atoms with Gasteiger partial charge in [-0.25, -0.2) is 0 Å². The molecule has 1 aromatic rings. The Hall–Kier alpha value is -0.330. The Morgan fingerprint density at radius 1 is 1.14 bits per heavy atom. The van der Waals surface area contributed by atoms with Gasteiger partial charge in [-0.2, -0.15) is 0 Å². The first kappa shape index (κ1) is 17.0. The van der Waals surface area contributed by atoms with Crippen LogP contribution in [0.5, 0.6) is 5.75 Å². The summed E-state index contributed by atoms with van der Waals surface area (Å²) in [6.45, 7) is 5.65. The van der Waals surface area contributed by atoms with Gasteiger partial charge < -0.3 is 14.2 Å². The van der Waals surface area contributed by atoms with Crippen molar-refractivity contribution in [3.05, 3.63) is 27.8 Å². The van der Waals surface area contributed by atoms with Crippen LogP contribution in [-0.4, -0.2) is 25.1 Å². The van der Waals surface area contributed by atoms with E-state index in [2.05, 4.69) is 41.6 Å². The van der Waals surface area contributed by atoms with Gasteiger partial charge in [0.1, 0.15) is 5.75 Å². The van der Waals surface area contributed by atoms with Gasteiger partial charge in [0, 0.05) is 9.99 Å². The Labute approximate surface area is 141 Å². The molecule has 0 aliphatic carbocycles. The molecular weight excluding hydrogens is 379 g/mol. The molecule has 1 fully saturated rings.